The molecule has 0 rings (SSSR count). The van der Waals surface area contributed by atoms with Crippen LogP contribution < -0.4 is 30.6 Å². The van der Waals surface area contributed by atoms with Gasteiger partial charge in [0.25, 0.3) is 0 Å². The van der Waals surface area contributed by atoms with E-state index in [1.165, 1.54) is 0 Å². The van der Waals surface area contributed by atoms with Crippen LogP contribution in [0.1, 0.15) is 0 Å². The average Bonchev–Trinajstić information content (AvgIpc) is 2.42. The van der Waals surface area contributed by atoms with Gasteiger partial charge in [-0.15, -0.1) is 0 Å². The van der Waals surface area contributed by atoms with Crippen LogP contribution in [0.3, 0.4) is 0 Å². The molecule has 0 bridgehead atoms. The first kappa shape index (κ1) is 34.4. The molecule has 0 aromatic heterocycles. The van der Waals surface area contributed by atoms with Gasteiger partial charge in [-0.25, -0.2) is 0 Å². The van der Waals surface area contributed by atoms with Crippen LogP contribution in [0.15, 0.2) is 36.5 Å². The largest absolute Gasteiger partial charge is 3.00 e. The molecule has 0 saturated carbocycles. The molecule has 0 aliphatic carbocycles. The van der Waals surface area contributed by atoms with Gasteiger partial charge >= 0.3 is 34.7 Å². The van der Waals surface area contributed by atoms with Crippen molar-refractivity contribution in [1.29, 1.82) is 0 Å². The average molecular weight is 396 g/mol. The number of carboxylic acid groups (broad SMARTS) is 6. The first-order valence-corrected chi connectivity index (χ1v) is 5.18. The summed E-state index contributed by atoms with van der Waals surface area (Å²) in [4.78, 5) is 56.5. The number of hydrogen-bond acceptors (Lipinski definition) is 12. The Bertz CT molecular complexity index is 448. The minimum Gasteiger partial charge on any atom is -0.545 e. The Balaban J connectivity index is -0.0000000817. The summed E-state index contributed by atoms with van der Waals surface area (Å²) in [5.41, 5.74) is 0. The Morgan fingerprint density at radius 2 is 0.423 bits per heavy atom. The van der Waals surface area contributed by atoms with E-state index in [0.717, 1.165) is 0 Å². The van der Waals surface area contributed by atoms with Crippen LogP contribution in [0.2, 0.25) is 0 Å². The first-order chi connectivity index (χ1) is 10.9. The van der Waals surface area contributed by atoms with E-state index < -0.39 is 35.8 Å². The van der Waals surface area contributed by atoms with Crippen molar-refractivity contribution in [1.82, 2.24) is 0 Å². The van der Waals surface area contributed by atoms with Crippen LogP contribution >= 0.6 is 0 Å². The minimum absolute atomic E-state index is 0. The Hall–Kier alpha value is -2.90. The van der Waals surface area contributed by atoms with Gasteiger partial charge in [0.05, 0.1) is 35.8 Å². The number of carboxylic acids is 6. The van der Waals surface area contributed by atoms with Gasteiger partial charge in [0.1, 0.15) is 0 Å². The van der Waals surface area contributed by atoms with Gasteiger partial charge in [-0.05, 0) is 36.5 Å². The molecule has 0 radical (unpaired) electrons. The maximum Gasteiger partial charge on any atom is 3.00 e. The predicted octanol–water partition coefficient (Wildman–Crippen LogP) is -9.63. The number of hydrogen-bond donors (Lipinski definition) is 0. The molecule has 0 saturated heterocycles. The molecule has 132 valence electrons. The third kappa shape index (κ3) is 58.2. The predicted molar refractivity (Wildman–Crippen MR) is 69.0 cm³/mol. The fourth-order valence-electron chi connectivity index (χ4n) is 0.408. The summed E-state index contributed by atoms with van der Waals surface area (Å²) in [6.07, 6.45) is 2.31. The molecular weight excluding hydrogens is 390 g/mol. The van der Waals surface area contributed by atoms with E-state index in [4.69, 9.17) is 0 Å². The molecule has 26 heavy (non-hydrogen) atoms. The summed E-state index contributed by atoms with van der Waals surface area (Å²) in [6, 6.07) is 0. The number of carbonyl (C=O) groups is 6. The number of rotatable bonds is 6. The van der Waals surface area contributed by atoms with E-state index in [1.54, 1.807) is 0 Å². The van der Waals surface area contributed by atoms with Crippen LogP contribution in [0.25, 0.3) is 0 Å². The molecule has 0 heterocycles. The SMILES string of the molecule is O=C([O-])/C=C/C(=O)[O-].O=C([O-])/C=C\C(=O)[O-].O=C([O-])/C=C\C(=O)[O-].[Al+3].[Al+3]. The molecule has 0 aromatic rings. The van der Waals surface area contributed by atoms with Crippen LogP contribution in [0.4, 0.5) is 0 Å². The summed E-state index contributed by atoms with van der Waals surface area (Å²) in [5, 5.41) is 56.5. The molecule has 0 atom stereocenters. The molecular formula is C12H6Al2O12. The van der Waals surface area contributed by atoms with E-state index in [-0.39, 0.29) is 34.7 Å². The minimum atomic E-state index is -1.55. The van der Waals surface area contributed by atoms with E-state index in [9.17, 15) is 59.4 Å². The molecule has 12 nitrogen and oxygen atoms in total. The van der Waals surface area contributed by atoms with Gasteiger partial charge in [-0.1, -0.05) is 0 Å². The molecule has 0 aliphatic heterocycles. The maximum absolute atomic E-state index is 9.41. The van der Waals surface area contributed by atoms with Crippen molar-refractivity contribution in [3.8, 4) is 0 Å². The third-order valence-electron chi connectivity index (χ3n) is 1.07. The van der Waals surface area contributed by atoms with Crippen molar-refractivity contribution in [2.45, 2.75) is 0 Å². The summed E-state index contributed by atoms with van der Waals surface area (Å²) < 4.78 is 0. The van der Waals surface area contributed by atoms with E-state index >= 15 is 0 Å². The van der Waals surface area contributed by atoms with E-state index in [1.807, 2.05) is 0 Å². The van der Waals surface area contributed by atoms with E-state index in [2.05, 4.69) is 0 Å². The molecule has 0 unspecified atom stereocenters. The van der Waals surface area contributed by atoms with Gasteiger partial charge < -0.3 is 59.4 Å². The number of carbonyl (C=O) groups excluding carboxylic acids is 6. The van der Waals surface area contributed by atoms with Gasteiger partial charge in [0.15, 0.2) is 0 Å². The van der Waals surface area contributed by atoms with Gasteiger partial charge in [-0.3, -0.25) is 0 Å². The monoisotopic (exact) mass is 396 g/mol. The third-order valence-corrected chi connectivity index (χ3v) is 1.07. The van der Waals surface area contributed by atoms with Crippen molar-refractivity contribution < 1.29 is 59.4 Å². The standard InChI is InChI=1S/3C4H4O4.2Al/c3*5-3(6)1-2-4(7)8;;/h3*1-2H,(H,5,6)(H,7,8);;/q;;;2*+3/p-6/b2-1+;2*2-1-;;. The van der Waals surface area contributed by atoms with Crippen LogP contribution in [-0.4, -0.2) is 70.5 Å². The second-order valence-corrected chi connectivity index (χ2v) is 2.91. The maximum atomic E-state index is 9.41. The van der Waals surface area contributed by atoms with E-state index in [0.29, 0.717) is 36.5 Å². The quantitative estimate of drug-likeness (QED) is 0.300. The summed E-state index contributed by atoms with van der Waals surface area (Å²) in [6.45, 7) is 0. The second kappa shape index (κ2) is 22.1. The zero-order valence-corrected chi connectivity index (χ0v) is 14.8. The fraction of sp³-hybridized carbons (Fsp3) is 0. The van der Waals surface area contributed by atoms with Crippen LogP contribution in [0, 0.1) is 0 Å². The molecule has 0 aliphatic rings. The summed E-state index contributed by atoms with van der Waals surface area (Å²) in [7, 11) is 0. The zero-order valence-electron chi connectivity index (χ0n) is 12.5. The first-order valence-electron chi connectivity index (χ1n) is 5.18. The van der Waals surface area contributed by atoms with Gasteiger partial charge in [0, 0.05) is 0 Å². The second-order valence-electron chi connectivity index (χ2n) is 2.91. The van der Waals surface area contributed by atoms with Gasteiger partial charge in [0.2, 0.25) is 0 Å². The van der Waals surface area contributed by atoms with Crippen molar-refractivity contribution in [3.63, 3.8) is 0 Å². The van der Waals surface area contributed by atoms with Crippen molar-refractivity contribution in [2.24, 2.45) is 0 Å². The zero-order chi connectivity index (χ0) is 19.7. The van der Waals surface area contributed by atoms with Crippen molar-refractivity contribution >= 4 is 70.5 Å². The fourth-order valence-corrected chi connectivity index (χ4v) is 0.408. The Labute approximate surface area is 166 Å². The Morgan fingerprint density at radius 1 is 0.346 bits per heavy atom. The molecule has 0 amide bonds. The molecule has 0 aromatic carbocycles. The molecule has 0 N–H and O–H groups in total. The van der Waals surface area contributed by atoms with Crippen molar-refractivity contribution in [3.05, 3.63) is 36.5 Å². The normalized spacial score (nSPS) is 8.77. The van der Waals surface area contributed by atoms with Crippen LogP contribution in [-0.2, 0) is 28.8 Å². The Kier molecular flexibility index (Phi) is 29.3. The smallest absolute Gasteiger partial charge is 0.545 e. The van der Waals surface area contributed by atoms with Gasteiger partial charge in [-0.2, -0.15) is 0 Å². The Morgan fingerprint density at radius 3 is 0.462 bits per heavy atom. The summed E-state index contributed by atoms with van der Waals surface area (Å²) >= 11 is 0. The summed E-state index contributed by atoms with van der Waals surface area (Å²) in [5.74, 6) is -9.28. The number of aliphatic carboxylic acids is 6. The molecule has 0 fully saturated rings. The topological polar surface area (TPSA) is 241 Å². The molecule has 0 spiro atoms. The molecule has 14 heteroatoms. The van der Waals surface area contributed by atoms with Crippen molar-refractivity contribution in [2.75, 3.05) is 0 Å². The van der Waals surface area contributed by atoms with Crippen LogP contribution in [0.5, 0.6) is 0 Å².